The zero-order valence-electron chi connectivity index (χ0n) is 14.6. The molecule has 0 aliphatic heterocycles. The summed E-state index contributed by atoms with van der Waals surface area (Å²) >= 11 is 7.27. The summed E-state index contributed by atoms with van der Waals surface area (Å²) in [6.07, 6.45) is 1.21. The van der Waals surface area contributed by atoms with Crippen molar-refractivity contribution in [3.63, 3.8) is 0 Å². The number of hydrogen-bond donors (Lipinski definition) is 1. The van der Waals surface area contributed by atoms with Crippen molar-refractivity contribution in [2.75, 3.05) is 5.32 Å². The summed E-state index contributed by atoms with van der Waals surface area (Å²) in [6.45, 7) is 3.82. The normalized spacial score (nSPS) is 11.0. The molecule has 0 saturated carbocycles. The minimum atomic E-state index is -0.378. The monoisotopic (exact) mass is 392 g/mol. The molecule has 0 atom stereocenters. The molecule has 5 nitrogen and oxygen atoms in total. The standard InChI is InChI=1S/C18H18ClFN4OS/c1-4-14-9-15(24(3)23-14)17(25)22-18-10(2)21-16(26-18)7-11-5-12(19)8-13(20)6-11/h5-6,8-9H,4,7H2,1-3H3,(H,22,25). The van der Waals surface area contributed by atoms with Gasteiger partial charge in [-0.1, -0.05) is 18.5 Å². The van der Waals surface area contributed by atoms with E-state index in [9.17, 15) is 9.18 Å². The SMILES string of the molecule is CCc1cc(C(=O)Nc2sc(Cc3cc(F)cc(Cl)c3)nc2C)n(C)n1. The maximum atomic E-state index is 13.5. The van der Waals surface area contributed by atoms with Crippen LogP contribution in [0.2, 0.25) is 5.02 Å². The molecule has 3 aromatic rings. The van der Waals surface area contributed by atoms with Gasteiger partial charge in [-0.25, -0.2) is 9.37 Å². The van der Waals surface area contributed by atoms with Crippen molar-refractivity contribution in [3.8, 4) is 0 Å². The molecule has 0 spiro atoms. The van der Waals surface area contributed by atoms with Crippen LogP contribution in [0.3, 0.4) is 0 Å². The van der Waals surface area contributed by atoms with Crippen LogP contribution in [0.5, 0.6) is 0 Å². The lowest BCUT2D eigenvalue weighted by molar-refractivity contribution is 0.101. The van der Waals surface area contributed by atoms with Crippen LogP contribution in [0.15, 0.2) is 24.3 Å². The zero-order chi connectivity index (χ0) is 18.8. The van der Waals surface area contributed by atoms with Crippen molar-refractivity contribution in [3.05, 3.63) is 62.8 Å². The average Bonchev–Trinajstić information content (AvgIpc) is 3.09. The van der Waals surface area contributed by atoms with Gasteiger partial charge in [-0.2, -0.15) is 5.10 Å². The summed E-state index contributed by atoms with van der Waals surface area (Å²) < 4.78 is 15.0. The Balaban J connectivity index is 1.77. The van der Waals surface area contributed by atoms with Crippen molar-refractivity contribution < 1.29 is 9.18 Å². The van der Waals surface area contributed by atoms with Gasteiger partial charge in [0.25, 0.3) is 5.91 Å². The molecule has 0 saturated heterocycles. The third-order valence-electron chi connectivity index (χ3n) is 3.87. The first-order valence-electron chi connectivity index (χ1n) is 8.11. The number of carbonyl (C=O) groups excluding carboxylic acids is 1. The maximum Gasteiger partial charge on any atom is 0.274 e. The Morgan fingerprint density at radius 1 is 1.35 bits per heavy atom. The molecular formula is C18H18ClFN4OS. The number of nitrogens with zero attached hydrogens (tertiary/aromatic N) is 3. The van der Waals surface area contributed by atoms with Gasteiger partial charge in [0.2, 0.25) is 0 Å². The van der Waals surface area contributed by atoms with E-state index < -0.39 is 0 Å². The van der Waals surface area contributed by atoms with Crippen molar-refractivity contribution in [1.82, 2.24) is 14.8 Å². The van der Waals surface area contributed by atoms with Gasteiger partial charge in [0, 0.05) is 18.5 Å². The quantitative estimate of drug-likeness (QED) is 0.700. The van der Waals surface area contributed by atoms with Crippen LogP contribution in [-0.4, -0.2) is 20.7 Å². The third-order valence-corrected chi connectivity index (χ3v) is 5.16. The van der Waals surface area contributed by atoms with Gasteiger partial charge in [0.05, 0.1) is 16.4 Å². The van der Waals surface area contributed by atoms with Crippen molar-refractivity contribution in [2.45, 2.75) is 26.7 Å². The molecule has 0 aliphatic carbocycles. The molecule has 2 aromatic heterocycles. The number of aromatic nitrogens is 3. The minimum absolute atomic E-state index is 0.230. The van der Waals surface area contributed by atoms with E-state index in [0.29, 0.717) is 22.1 Å². The summed E-state index contributed by atoms with van der Waals surface area (Å²) in [7, 11) is 1.74. The van der Waals surface area contributed by atoms with Crippen LogP contribution in [0.4, 0.5) is 9.39 Å². The molecule has 2 heterocycles. The van der Waals surface area contributed by atoms with Gasteiger partial charge in [-0.15, -0.1) is 11.3 Å². The van der Waals surface area contributed by atoms with Crippen molar-refractivity contribution in [1.29, 1.82) is 0 Å². The van der Waals surface area contributed by atoms with E-state index in [4.69, 9.17) is 11.6 Å². The summed E-state index contributed by atoms with van der Waals surface area (Å²) in [5.74, 6) is -0.607. The second kappa shape index (κ2) is 7.55. The second-order valence-corrected chi connectivity index (χ2v) is 7.45. The number of thiazole rings is 1. The van der Waals surface area contributed by atoms with Gasteiger partial charge >= 0.3 is 0 Å². The first-order valence-corrected chi connectivity index (χ1v) is 9.30. The lowest BCUT2D eigenvalue weighted by atomic mass is 10.1. The van der Waals surface area contributed by atoms with Gasteiger partial charge < -0.3 is 5.32 Å². The molecule has 1 N–H and O–H groups in total. The molecule has 3 rings (SSSR count). The molecule has 0 unspecified atom stereocenters. The average molecular weight is 393 g/mol. The summed E-state index contributed by atoms with van der Waals surface area (Å²) in [5, 5.41) is 8.98. The van der Waals surface area contributed by atoms with Crippen LogP contribution in [0.1, 0.15) is 39.4 Å². The fourth-order valence-corrected chi connectivity index (χ4v) is 3.85. The van der Waals surface area contributed by atoms with E-state index in [1.54, 1.807) is 23.9 Å². The number of anilines is 1. The van der Waals surface area contributed by atoms with E-state index in [1.165, 1.54) is 23.5 Å². The van der Waals surface area contributed by atoms with Crippen molar-refractivity contribution in [2.24, 2.45) is 7.05 Å². The molecule has 1 amide bonds. The highest BCUT2D eigenvalue weighted by Gasteiger charge is 2.16. The van der Waals surface area contributed by atoms with Gasteiger partial charge in [-0.05, 0) is 43.2 Å². The van der Waals surface area contributed by atoms with E-state index in [2.05, 4.69) is 15.4 Å². The minimum Gasteiger partial charge on any atom is -0.311 e. The molecule has 1 aromatic carbocycles. The topological polar surface area (TPSA) is 59.8 Å². The predicted octanol–water partition coefficient (Wildman–Crippen LogP) is 4.38. The lowest BCUT2D eigenvalue weighted by Gasteiger charge is -2.03. The highest BCUT2D eigenvalue weighted by atomic mass is 35.5. The number of benzene rings is 1. The number of aryl methyl sites for hydroxylation is 3. The van der Waals surface area contributed by atoms with E-state index in [-0.39, 0.29) is 11.7 Å². The fraction of sp³-hybridized carbons (Fsp3) is 0.278. The van der Waals surface area contributed by atoms with Gasteiger partial charge in [0.15, 0.2) is 0 Å². The summed E-state index contributed by atoms with van der Waals surface area (Å²) in [4.78, 5) is 17.0. The number of rotatable bonds is 5. The molecule has 26 heavy (non-hydrogen) atoms. The fourth-order valence-electron chi connectivity index (χ4n) is 2.61. The molecular weight excluding hydrogens is 375 g/mol. The Kier molecular flexibility index (Phi) is 5.38. The lowest BCUT2D eigenvalue weighted by Crippen LogP contribution is -2.15. The first-order chi connectivity index (χ1) is 12.4. The largest absolute Gasteiger partial charge is 0.311 e. The Morgan fingerprint density at radius 3 is 2.77 bits per heavy atom. The van der Waals surface area contributed by atoms with Crippen molar-refractivity contribution >= 4 is 33.8 Å². The van der Waals surface area contributed by atoms with Crippen LogP contribution in [-0.2, 0) is 19.9 Å². The number of amides is 1. The Hall–Kier alpha value is -2.25. The van der Waals surface area contributed by atoms with Gasteiger partial charge in [0.1, 0.15) is 16.5 Å². The summed E-state index contributed by atoms with van der Waals surface area (Å²) in [5.41, 5.74) is 2.81. The van der Waals surface area contributed by atoms with Crippen LogP contribution < -0.4 is 5.32 Å². The van der Waals surface area contributed by atoms with Crippen LogP contribution in [0.25, 0.3) is 0 Å². The highest BCUT2D eigenvalue weighted by molar-refractivity contribution is 7.16. The molecule has 0 radical (unpaired) electrons. The Morgan fingerprint density at radius 2 is 2.12 bits per heavy atom. The van der Waals surface area contributed by atoms with E-state index in [0.717, 1.165) is 28.4 Å². The molecule has 0 aliphatic rings. The smallest absolute Gasteiger partial charge is 0.274 e. The third kappa shape index (κ3) is 4.11. The Bertz CT molecular complexity index is 946. The number of halogens is 2. The predicted molar refractivity (Wildman–Crippen MR) is 102 cm³/mol. The molecule has 136 valence electrons. The van der Waals surface area contributed by atoms with E-state index >= 15 is 0 Å². The second-order valence-electron chi connectivity index (χ2n) is 5.93. The number of carbonyl (C=O) groups is 1. The summed E-state index contributed by atoms with van der Waals surface area (Å²) in [6, 6.07) is 6.19. The number of nitrogens with one attached hydrogen (secondary N) is 1. The molecule has 0 fully saturated rings. The molecule has 8 heteroatoms. The van der Waals surface area contributed by atoms with Crippen LogP contribution >= 0.6 is 22.9 Å². The highest BCUT2D eigenvalue weighted by Crippen LogP contribution is 2.27. The number of hydrogen-bond acceptors (Lipinski definition) is 4. The maximum absolute atomic E-state index is 13.5. The Labute approximate surface area is 159 Å². The first kappa shape index (κ1) is 18.5. The molecule has 0 bridgehead atoms. The van der Waals surface area contributed by atoms with Gasteiger partial charge in [-0.3, -0.25) is 9.48 Å². The van der Waals surface area contributed by atoms with Crippen LogP contribution in [0, 0.1) is 12.7 Å². The van der Waals surface area contributed by atoms with E-state index in [1.807, 2.05) is 13.8 Å². The zero-order valence-corrected chi connectivity index (χ0v) is 16.2.